The summed E-state index contributed by atoms with van der Waals surface area (Å²) < 4.78 is 7.34. The number of amides is 2. The van der Waals surface area contributed by atoms with E-state index in [0.717, 1.165) is 28.3 Å². The number of ether oxygens (including phenoxy) is 1. The number of piperazine rings is 1. The van der Waals surface area contributed by atoms with Crippen LogP contribution in [0.25, 0.3) is 16.6 Å². The zero-order valence-electron chi connectivity index (χ0n) is 26.1. The Bertz CT molecular complexity index is 1610. The Hall–Kier alpha value is -4.17. The highest BCUT2D eigenvalue weighted by atomic mass is 16.5. The molecule has 1 aromatic heterocycles. The molecule has 1 saturated heterocycles. The molecule has 8 nitrogen and oxygen atoms in total. The molecule has 1 N–H and O–H groups in total. The van der Waals surface area contributed by atoms with Crippen LogP contribution in [0.1, 0.15) is 76.4 Å². The number of anilines is 1. The lowest BCUT2D eigenvalue weighted by atomic mass is 9.93. The summed E-state index contributed by atoms with van der Waals surface area (Å²) in [6.45, 7) is 15.7. The molecule has 2 heterocycles. The molecule has 1 fully saturated rings. The summed E-state index contributed by atoms with van der Waals surface area (Å²) in [7, 11) is 0. The van der Waals surface area contributed by atoms with Crippen molar-refractivity contribution in [2.24, 2.45) is 0 Å². The predicted octanol–water partition coefficient (Wildman–Crippen LogP) is 6.94. The molecule has 8 heteroatoms. The zero-order chi connectivity index (χ0) is 30.7. The second kappa shape index (κ2) is 13.0. The van der Waals surface area contributed by atoms with Gasteiger partial charge in [-0.1, -0.05) is 58.0 Å². The fraction of sp³-hybridized carbons (Fsp3) is 0.400. The Labute approximate surface area is 254 Å². The minimum Gasteiger partial charge on any atom is -0.494 e. The molecule has 226 valence electrons. The van der Waals surface area contributed by atoms with E-state index in [0.29, 0.717) is 61.3 Å². The third-order valence-corrected chi connectivity index (χ3v) is 8.34. The van der Waals surface area contributed by atoms with Crippen LogP contribution in [0.15, 0.2) is 71.5 Å². The van der Waals surface area contributed by atoms with Crippen molar-refractivity contribution in [2.45, 2.75) is 59.4 Å². The maximum atomic E-state index is 13.8. The van der Waals surface area contributed by atoms with Crippen LogP contribution in [0.2, 0.25) is 0 Å². The molecule has 43 heavy (non-hydrogen) atoms. The van der Waals surface area contributed by atoms with Gasteiger partial charge in [0.1, 0.15) is 11.6 Å². The first-order valence-electron chi connectivity index (χ1n) is 15.4. The molecule has 5 rings (SSSR count). The number of aromatic nitrogens is 2. The molecule has 3 aromatic carbocycles. The van der Waals surface area contributed by atoms with Crippen molar-refractivity contribution in [1.82, 2.24) is 19.4 Å². The normalized spacial score (nSPS) is 14.8. The number of hydrogen-bond acceptors (Lipinski definition) is 5. The Kier molecular flexibility index (Phi) is 9.16. The van der Waals surface area contributed by atoms with Crippen LogP contribution in [0.5, 0.6) is 5.75 Å². The van der Waals surface area contributed by atoms with Crippen molar-refractivity contribution in [3.8, 4) is 11.4 Å². The number of fused-ring (bicyclic) bond motifs is 1. The van der Waals surface area contributed by atoms with E-state index in [-0.39, 0.29) is 17.6 Å². The second-order valence-corrected chi connectivity index (χ2v) is 11.8. The van der Waals surface area contributed by atoms with Crippen LogP contribution in [0, 0.1) is 0 Å². The Morgan fingerprint density at radius 2 is 1.49 bits per heavy atom. The maximum absolute atomic E-state index is 13.8. The molecular weight excluding hydrogens is 538 g/mol. The number of carbonyl (C=O) groups excluding carboxylic acids is 1. The molecule has 1 atom stereocenters. The monoisotopic (exact) mass is 581 g/mol. The fourth-order valence-corrected chi connectivity index (χ4v) is 5.89. The number of nitrogens with one attached hydrogen (secondary N) is 1. The van der Waals surface area contributed by atoms with Crippen LogP contribution in [-0.4, -0.2) is 58.2 Å². The summed E-state index contributed by atoms with van der Waals surface area (Å²) in [6.07, 6.45) is 0. The SMILES string of the molecule is CCOc1ccc(-n2c(C(C)N3CCN(C(=O)Nc4c(C(C)C)cccc4C(C)C)CC3)nc3ccccc3c2=O)cc1. The minimum atomic E-state index is -0.150. The molecule has 0 radical (unpaired) electrons. The van der Waals surface area contributed by atoms with Gasteiger partial charge in [0, 0.05) is 31.9 Å². The third kappa shape index (κ3) is 6.30. The Morgan fingerprint density at radius 3 is 2.09 bits per heavy atom. The summed E-state index contributed by atoms with van der Waals surface area (Å²) in [4.78, 5) is 36.5. The molecule has 0 aliphatic carbocycles. The van der Waals surface area contributed by atoms with Gasteiger partial charge in [0.05, 0.1) is 29.2 Å². The van der Waals surface area contributed by atoms with E-state index in [9.17, 15) is 9.59 Å². The van der Waals surface area contributed by atoms with Gasteiger partial charge in [0.2, 0.25) is 0 Å². The number of benzene rings is 3. The quantitative estimate of drug-likeness (QED) is 0.244. The summed E-state index contributed by atoms with van der Waals surface area (Å²) in [5.41, 5.74) is 4.57. The lowest BCUT2D eigenvalue weighted by molar-refractivity contribution is 0.115. The fourth-order valence-electron chi connectivity index (χ4n) is 5.89. The molecule has 0 saturated carbocycles. The largest absolute Gasteiger partial charge is 0.494 e. The molecular formula is C35H43N5O3. The smallest absolute Gasteiger partial charge is 0.321 e. The number of para-hydroxylation sites is 2. The first-order valence-corrected chi connectivity index (χ1v) is 15.4. The van der Waals surface area contributed by atoms with Gasteiger partial charge in [-0.05, 0) is 73.2 Å². The standard InChI is InChI=1S/C35H43N5O3/c1-7-43-27-17-15-26(16-18-27)40-33(36-31-14-9-8-11-30(31)34(40)41)25(6)38-19-21-39(22-20-38)35(42)37-32-28(23(2)3)12-10-13-29(32)24(4)5/h8-18,23-25H,7,19-22H2,1-6H3,(H,37,42). The van der Waals surface area contributed by atoms with Crippen molar-refractivity contribution in [1.29, 1.82) is 0 Å². The van der Waals surface area contributed by atoms with E-state index in [4.69, 9.17) is 9.72 Å². The van der Waals surface area contributed by atoms with Crippen molar-refractivity contribution in [3.05, 3.63) is 94.0 Å². The Morgan fingerprint density at radius 1 is 0.860 bits per heavy atom. The highest BCUT2D eigenvalue weighted by Gasteiger charge is 2.29. The van der Waals surface area contributed by atoms with E-state index in [1.165, 1.54) is 0 Å². The predicted molar refractivity (Wildman–Crippen MR) is 174 cm³/mol. The van der Waals surface area contributed by atoms with Gasteiger partial charge in [-0.3, -0.25) is 14.3 Å². The maximum Gasteiger partial charge on any atom is 0.321 e. The summed E-state index contributed by atoms with van der Waals surface area (Å²) in [5.74, 6) is 2.04. The number of rotatable bonds is 8. The summed E-state index contributed by atoms with van der Waals surface area (Å²) >= 11 is 0. The first-order chi connectivity index (χ1) is 20.7. The van der Waals surface area contributed by atoms with Crippen molar-refractivity contribution >= 4 is 22.6 Å². The van der Waals surface area contributed by atoms with Crippen LogP contribution in [-0.2, 0) is 0 Å². The molecule has 0 spiro atoms. The van der Waals surface area contributed by atoms with Gasteiger partial charge in [-0.2, -0.15) is 0 Å². The average molecular weight is 582 g/mol. The molecule has 1 aliphatic heterocycles. The van der Waals surface area contributed by atoms with Crippen LogP contribution < -0.4 is 15.6 Å². The third-order valence-electron chi connectivity index (χ3n) is 8.34. The lowest BCUT2D eigenvalue weighted by Crippen LogP contribution is -2.51. The highest BCUT2D eigenvalue weighted by molar-refractivity contribution is 5.91. The highest BCUT2D eigenvalue weighted by Crippen LogP contribution is 2.33. The van der Waals surface area contributed by atoms with Crippen molar-refractivity contribution < 1.29 is 9.53 Å². The summed E-state index contributed by atoms with van der Waals surface area (Å²) in [5, 5.41) is 3.84. The van der Waals surface area contributed by atoms with E-state index in [2.05, 4.69) is 63.0 Å². The van der Waals surface area contributed by atoms with Gasteiger partial charge in [0.15, 0.2) is 0 Å². The van der Waals surface area contributed by atoms with E-state index in [1.54, 1.807) is 4.57 Å². The van der Waals surface area contributed by atoms with E-state index in [1.807, 2.05) is 60.4 Å². The average Bonchev–Trinajstić information content (AvgIpc) is 3.01. The van der Waals surface area contributed by atoms with Gasteiger partial charge in [-0.15, -0.1) is 0 Å². The molecule has 2 amide bonds. The van der Waals surface area contributed by atoms with Crippen molar-refractivity contribution in [2.75, 3.05) is 38.1 Å². The van der Waals surface area contributed by atoms with Crippen LogP contribution >= 0.6 is 0 Å². The number of carbonyl (C=O) groups is 1. The molecule has 4 aromatic rings. The minimum absolute atomic E-state index is 0.0718. The zero-order valence-corrected chi connectivity index (χ0v) is 26.1. The van der Waals surface area contributed by atoms with Crippen LogP contribution in [0.3, 0.4) is 0 Å². The second-order valence-electron chi connectivity index (χ2n) is 11.8. The van der Waals surface area contributed by atoms with Gasteiger partial charge in [0.25, 0.3) is 5.56 Å². The Balaban J connectivity index is 1.38. The summed E-state index contributed by atoms with van der Waals surface area (Å²) in [6, 6.07) is 21.1. The molecule has 1 unspecified atom stereocenters. The first kappa shape index (κ1) is 30.3. The van der Waals surface area contributed by atoms with Crippen molar-refractivity contribution in [3.63, 3.8) is 0 Å². The van der Waals surface area contributed by atoms with Gasteiger partial charge in [-0.25, -0.2) is 9.78 Å². The van der Waals surface area contributed by atoms with Gasteiger partial charge < -0.3 is 15.0 Å². The van der Waals surface area contributed by atoms with E-state index < -0.39 is 0 Å². The topological polar surface area (TPSA) is 79.7 Å². The number of nitrogens with zero attached hydrogens (tertiary/aromatic N) is 4. The number of hydrogen-bond donors (Lipinski definition) is 1. The van der Waals surface area contributed by atoms with Gasteiger partial charge >= 0.3 is 6.03 Å². The van der Waals surface area contributed by atoms with Crippen LogP contribution in [0.4, 0.5) is 10.5 Å². The molecule has 1 aliphatic rings. The lowest BCUT2D eigenvalue weighted by Gasteiger charge is -2.38. The number of urea groups is 1. The van der Waals surface area contributed by atoms with E-state index >= 15 is 0 Å². The molecule has 0 bridgehead atoms.